The van der Waals surface area contributed by atoms with E-state index in [-0.39, 0.29) is 19.8 Å². The summed E-state index contributed by atoms with van der Waals surface area (Å²) in [6.45, 7) is 2.62. The van der Waals surface area contributed by atoms with Crippen LogP contribution >= 0.6 is 7.82 Å². The molecule has 0 aliphatic rings. The average Bonchev–Trinajstić information content (AvgIpc) is 2.21. The van der Waals surface area contributed by atoms with Crippen LogP contribution in [0.2, 0.25) is 0 Å². The van der Waals surface area contributed by atoms with E-state index in [1.54, 1.807) is 6.92 Å². The minimum atomic E-state index is -4.09. The molecule has 2 N–H and O–H groups in total. The summed E-state index contributed by atoms with van der Waals surface area (Å²) in [4.78, 5) is 9.38. The molecule has 0 spiro atoms. The third-order valence-corrected chi connectivity index (χ3v) is 4.09. The maximum absolute atomic E-state index is 11.5. The van der Waals surface area contributed by atoms with Crippen LogP contribution in [-0.2, 0) is 24.9 Å². The van der Waals surface area contributed by atoms with Crippen molar-refractivity contribution in [2.24, 2.45) is 0 Å². The van der Waals surface area contributed by atoms with Gasteiger partial charge >= 0.3 is 7.82 Å². The summed E-state index contributed by atoms with van der Waals surface area (Å²) in [5, 5.41) is 0. The summed E-state index contributed by atoms with van der Waals surface area (Å²) < 4.78 is 42.4. The van der Waals surface area contributed by atoms with E-state index in [0.29, 0.717) is 17.6 Å². The monoisotopic (exact) mass is 319 g/mol. The smallest absolute Gasteiger partial charge is 0.329 e. The van der Waals surface area contributed by atoms with Gasteiger partial charge < -0.3 is 9.38 Å². The molecule has 10 heteroatoms. The number of hydrogen-bond donors (Lipinski definition) is 2. The second-order valence-electron chi connectivity index (χ2n) is 4.90. The first kappa shape index (κ1) is 19.1. The van der Waals surface area contributed by atoms with Gasteiger partial charge in [0.15, 0.2) is 0 Å². The first-order valence-electron chi connectivity index (χ1n) is 5.85. The van der Waals surface area contributed by atoms with E-state index >= 15 is 0 Å². The number of phosphoric acid groups is 1. The van der Waals surface area contributed by atoms with Gasteiger partial charge in [-0.15, -0.1) is 0 Å². The molecule has 19 heavy (non-hydrogen) atoms. The standard InChI is InChI=1S/C9H23N2O6PS/c1-5-10(19(14)15)6-8-16-18(12,13)17-9-7-11(2,3)4/h5-9H2,1-4H3,(H-,12,13,14,15)/p+1. The molecule has 0 amide bonds. The van der Waals surface area contributed by atoms with Gasteiger partial charge in [-0.3, -0.25) is 13.6 Å². The van der Waals surface area contributed by atoms with E-state index < -0.39 is 19.1 Å². The van der Waals surface area contributed by atoms with Gasteiger partial charge in [0.05, 0.1) is 27.7 Å². The van der Waals surface area contributed by atoms with Crippen LogP contribution in [0, 0.1) is 0 Å². The third kappa shape index (κ3) is 10.6. The van der Waals surface area contributed by atoms with Crippen molar-refractivity contribution in [1.29, 1.82) is 0 Å². The second kappa shape index (κ2) is 8.43. The summed E-state index contributed by atoms with van der Waals surface area (Å²) in [6, 6.07) is 0. The Kier molecular flexibility index (Phi) is 8.49. The van der Waals surface area contributed by atoms with Gasteiger partial charge in [-0.25, -0.2) is 8.77 Å². The lowest BCUT2D eigenvalue weighted by molar-refractivity contribution is -0.870. The average molecular weight is 319 g/mol. The Bertz CT molecular complexity index is 335. The number of phosphoric ester groups is 1. The summed E-state index contributed by atoms with van der Waals surface area (Å²) in [5.41, 5.74) is 0. The third-order valence-electron chi connectivity index (χ3n) is 2.19. The molecule has 0 aliphatic heterocycles. The molecule has 0 fully saturated rings. The Hall–Kier alpha value is 0.140. The van der Waals surface area contributed by atoms with Crippen molar-refractivity contribution < 1.29 is 31.8 Å². The number of likely N-dealkylation sites (N-methyl/N-ethyl adjacent to an activating group) is 2. The maximum atomic E-state index is 11.5. The molecular formula is C9H24N2O6PS+. The van der Waals surface area contributed by atoms with E-state index in [4.69, 9.17) is 13.6 Å². The molecule has 0 aromatic carbocycles. The second-order valence-corrected chi connectivity index (χ2v) is 7.33. The van der Waals surface area contributed by atoms with Gasteiger partial charge in [0.1, 0.15) is 13.2 Å². The highest BCUT2D eigenvalue weighted by Gasteiger charge is 2.23. The molecule has 0 saturated carbocycles. The van der Waals surface area contributed by atoms with Crippen LogP contribution in [0.4, 0.5) is 0 Å². The Balaban J connectivity index is 3.97. The van der Waals surface area contributed by atoms with Crippen molar-refractivity contribution in [3.05, 3.63) is 0 Å². The highest BCUT2D eigenvalue weighted by atomic mass is 32.2. The predicted octanol–water partition coefficient (Wildman–Crippen LogP) is 0.285. The Morgan fingerprint density at radius 3 is 2.21 bits per heavy atom. The summed E-state index contributed by atoms with van der Waals surface area (Å²) in [6.07, 6.45) is 0. The molecule has 0 radical (unpaired) electrons. The summed E-state index contributed by atoms with van der Waals surface area (Å²) in [7, 11) is 1.71. The Morgan fingerprint density at radius 2 is 1.79 bits per heavy atom. The molecule has 0 saturated heterocycles. The normalized spacial score (nSPS) is 17.4. The molecule has 0 rings (SSSR count). The Morgan fingerprint density at radius 1 is 1.26 bits per heavy atom. The zero-order valence-corrected chi connectivity index (χ0v) is 13.5. The lowest BCUT2D eigenvalue weighted by Crippen LogP contribution is -2.37. The van der Waals surface area contributed by atoms with Crippen molar-refractivity contribution in [3.8, 4) is 0 Å². The van der Waals surface area contributed by atoms with Crippen molar-refractivity contribution in [2.45, 2.75) is 6.92 Å². The first-order chi connectivity index (χ1) is 8.57. The zero-order chi connectivity index (χ0) is 15.1. The molecule has 0 aliphatic carbocycles. The van der Waals surface area contributed by atoms with Crippen LogP contribution in [-0.4, -0.2) is 76.4 Å². The van der Waals surface area contributed by atoms with Crippen LogP contribution in [0.5, 0.6) is 0 Å². The molecule has 2 atom stereocenters. The van der Waals surface area contributed by atoms with Crippen molar-refractivity contribution in [2.75, 3.05) is 54.0 Å². The fourth-order valence-corrected chi connectivity index (χ4v) is 2.22. The van der Waals surface area contributed by atoms with Crippen LogP contribution in [0.1, 0.15) is 6.92 Å². The fraction of sp³-hybridized carbons (Fsp3) is 1.00. The quantitative estimate of drug-likeness (QED) is 0.341. The number of quaternary nitrogens is 1. The molecule has 0 aromatic rings. The number of rotatable bonds is 10. The topological polar surface area (TPSA) is 96.3 Å². The van der Waals surface area contributed by atoms with Gasteiger partial charge in [0.25, 0.3) is 0 Å². The maximum Gasteiger partial charge on any atom is 0.472 e. The summed E-state index contributed by atoms with van der Waals surface area (Å²) >= 11 is -2.11. The summed E-state index contributed by atoms with van der Waals surface area (Å²) in [5.74, 6) is 0. The molecule has 8 nitrogen and oxygen atoms in total. The molecule has 2 unspecified atom stereocenters. The molecule has 0 bridgehead atoms. The SMILES string of the molecule is CCN(CCOP(=O)(O)OCC[N+](C)(C)C)S(=O)O. The molecule has 0 heterocycles. The van der Waals surface area contributed by atoms with Crippen molar-refractivity contribution in [3.63, 3.8) is 0 Å². The largest absolute Gasteiger partial charge is 0.472 e. The van der Waals surface area contributed by atoms with E-state index in [1.165, 1.54) is 4.31 Å². The van der Waals surface area contributed by atoms with E-state index in [0.717, 1.165) is 0 Å². The Labute approximate surface area is 116 Å². The zero-order valence-electron chi connectivity index (χ0n) is 11.8. The minimum Gasteiger partial charge on any atom is -0.329 e. The van der Waals surface area contributed by atoms with Crippen molar-refractivity contribution >= 4 is 19.1 Å². The lowest BCUT2D eigenvalue weighted by Gasteiger charge is -2.24. The van der Waals surface area contributed by atoms with Gasteiger partial charge in [0, 0.05) is 13.1 Å². The highest BCUT2D eigenvalue weighted by Crippen LogP contribution is 2.42. The van der Waals surface area contributed by atoms with E-state index in [1.807, 2.05) is 21.1 Å². The van der Waals surface area contributed by atoms with Crippen LogP contribution in [0.25, 0.3) is 0 Å². The van der Waals surface area contributed by atoms with Gasteiger partial charge in [-0.1, -0.05) is 6.92 Å². The molecule has 0 aromatic heterocycles. The van der Waals surface area contributed by atoms with Crippen LogP contribution in [0.15, 0.2) is 0 Å². The van der Waals surface area contributed by atoms with E-state index in [2.05, 4.69) is 0 Å². The predicted molar refractivity (Wildman–Crippen MR) is 72.6 cm³/mol. The lowest BCUT2D eigenvalue weighted by atomic mass is 10.5. The van der Waals surface area contributed by atoms with Crippen LogP contribution < -0.4 is 0 Å². The first-order valence-corrected chi connectivity index (χ1v) is 8.41. The van der Waals surface area contributed by atoms with Crippen LogP contribution in [0.3, 0.4) is 0 Å². The van der Waals surface area contributed by atoms with Gasteiger partial charge in [0.2, 0.25) is 11.3 Å². The number of hydrogen-bond acceptors (Lipinski definition) is 4. The molecular weight excluding hydrogens is 295 g/mol. The minimum absolute atomic E-state index is 0.0723. The van der Waals surface area contributed by atoms with Gasteiger partial charge in [-0.2, -0.15) is 4.31 Å². The van der Waals surface area contributed by atoms with Gasteiger partial charge in [-0.05, 0) is 0 Å². The van der Waals surface area contributed by atoms with Crippen molar-refractivity contribution in [1.82, 2.24) is 4.31 Å². The number of nitrogens with zero attached hydrogens (tertiary/aromatic N) is 2. The highest BCUT2D eigenvalue weighted by molar-refractivity contribution is 7.76. The van der Waals surface area contributed by atoms with E-state index in [9.17, 15) is 13.7 Å². The molecule has 116 valence electrons. The fourth-order valence-electron chi connectivity index (χ4n) is 1.07.